The summed E-state index contributed by atoms with van der Waals surface area (Å²) < 4.78 is 12.3. The molecule has 5 rings (SSSR count). The van der Waals surface area contributed by atoms with Crippen LogP contribution >= 0.6 is 23.5 Å². The molecule has 0 saturated carbocycles. The number of thioether (sulfide) groups is 2. The normalized spacial score (nSPS) is 14.1. The third-order valence-electron chi connectivity index (χ3n) is 4.48. The summed E-state index contributed by atoms with van der Waals surface area (Å²) in [5.74, 6) is 1.98. The minimum absolute atomic E-state index is 0.0210. The van der Waals surface area contributed by atoms with Crippen LogP contribution in [0.1, 0.15) is 11.8 Å². The summed E-state index contributed by atoms with van der Waals surface area (Å²) >= 11 is 2.83. The quantitative estimate of drug-likeness (QED) is 0.428. The number of carbonyl (C=O) groups excluding carboxylic acids is 1. The number of aliphatic imine (C=N–C) groups is 2. The van der Waals surface area contributed by atoms with E-state index in [2.05, 4.69) is 20.0 Å². The van der Waals surface area contributed by atoms with Crippen molar-refractivity contribution >= 4 is 63.4 Å². The van der Waals surface area contributed by atoms with Gasteiger partial charge in [0.15, 0.2) is 11.2 Å². The molecule has 0 aliphatic carbocycles. The average Bonchev–Trinajstić information content (AvgIpc) is 3.37. The van der Waals surface area contributed by atoms with Crippen LogP contribution in [0.3, 0.4) is 0 Å². The summed E-state index contributed by atoms with van der Waals surface area (Å²) in [6.07, 6.45) is 0. The second-order valence-electron chi connectivity index (χ2n) is 6.67. The van der Waals surface area contributed by atoms with E-state index in [1.54, 1.807) is 0 Å². The van der Waals surface area contributed by atoms with Crippen LogP contribution in [0.5, 0.6) is 0 Å². The van der Waals surface area contributed by atoms with Crippen molar-refractivity contribution in [2.45, 2.75) is 11.5 Å². The molecule has 0 atom stereocenters. The Morgan fingerprint density at radius 1 is 0.781 bits per heavy atom. The van der Waals surface area contributed by atoms with Gasteiger partial charge >= 0.3 is 6.03 Å². The smallest absolute Gasteiger partial charge is 0.370 e. The second kappa shape index (κ2) is 8.52. The fourth-order valence-electron chi connectivity index (χ4n) is 3.09. The molecule has 160 valence electrons. The second-order valence-corrected chi connectivity index (χ2v) is 8.90. The monoisotopic (exact) mass is 464 g/mol. The third kappa shape index (κ3) is 4.12. The number of nitrogens with two attached hydrogens (primary N) is 2. The summed E-state index contributed by atoms with van der Waals surface area (Å²) in [5.41, 5.74) is 15.4. The first-order chi connectivity index (χ1) is 15.6. The van der Waals surface area contributed by atoms with Gasteiger partial charge in [-0.25, -0.2) is 14.8 Å². The molecular weight excluding hydrogens is 448 g/mol. The molecule has 1 aliphatic heterocycles. The summed E-state index contributed by atoms with van der Waals surface area (Å²) in [7, 11) is 0. The number of rotatable bonds is 6. The maximum absolute atomic E-state index is 11.6. The maximum atomic E-state index is 11.6. The minimum Gasteiger partial charge on any atom is -0.440 e. The van der Waals surface area contributed by atoms with E-state index in [1.807, 2.05) is 48.5 Å². The van der Waals surface area contributed by atoms with Gasteiger partial charge in [-0.05, 0) is 24.3 Å². The van der Waals surface area contributed by atoms with Crippen LogP contribution in [0.2, 0.25) is 0 Å². The van der Waals surface area contributed by atoms with Gasteiger partial charge in [0.2, 0.25) is 11.8 Å². The van der Waals surface area contributed by atoms with E-state index in [-0.39, 0.29) is 11.7 Å². The zero-order chi connectivity index (χ0) is 22.1. The zero-order valence-corrected chi connectivity index (χ0v) is 18.2. The predicted molar refractivity (Wildman–Crippen MR) is 126 cm³/mol. The highest BCUT2D eigenvalue weighted by Crippen LogP contribution is 2.37. The number of oxazole rings is 2. The Hall–Kier alpha value is -3.57. The third-order valence-corrected chi connectivity index (χ3v) is 6.90. The molecule has 4 N–H and O–H groups in total. The first kappa shape index (κ1) is 20.3. The van der Waals surface area contributed by atoms with Crippen LogP contribution < -0.4 is 11.5 Å². The number of amidine groups is 2. The molecule has 0 unspecified atom stereocenters. The lowest BCUT2D eigenvalue weighted by Gasteiger charge is -2.15. The summed E-state index contributed by atoms with van der Waals surface area (Å²) in [5, 5.41) is 0. The van der Waals surface area contributed by atoms with Gasteiger partial charge in [-0.1, -0.05) is 24.3 Å². The summed E-state index contributed by atoms with van der Waals surface area (Å²) in [6, 6.07) is 14.4. The van der Waals surface area contributed by atoms with E-state index in [9.17, 15) is 4.79 Å². The van der Waals surface area contributed by atoms with E-state index in [0.717, 1.165) is 11.0 Å². The van der Waals surface area contributed by atoms with Gasteiger partial charge in [-0.15, -0.1) is 23.5 Å². The van der Waals surface area contributed by atoms with Crippen molar-refractivity contribution in [2.24, 2.45) is 21.5 Å². The highest BCUT2D eigenvalue weighted by molar-refractivity contribution is 8.21. The predicted octanol–water partition coefficient (Wildman–Crippen LogP) is 4.20. The number of amides is 2. The Kier molecular flexibility index (Phi) is 5.41. The molecule has 0 saturated heterocycles. The van der Waals surface area contributed by atoms with Gasteiger partial charge in [-0.2, -0.15) is 9.98 Å². The van der Waals surface area contributed by atoms with E-state index < -0.39 is 6.03 Å². The van der Waals surface area contributed by atoms with Crippen LogP contribution in [-0.4, -0.2) is 27.7 Å². The van der Waals surface area contributed by atoms with Gasteiger partial charge in [0.05, 0.1) is 21.3 Å². The Morgan fingerprint density at radius 2 is 1.25 bits per heavy atom. The van der Waals surface area contributed by atoms with Crippen LogP contribution in [0.15, 0.2) is 77.2 Å². The number of aromatic nitrogens is 2. The maximum Gasteiger partial charge on any atom is 0.370 e. The molecule has 4 aromatic rings. The number of fused-ring (bicyclic) bond motifs is 2. The Bertz CT molecular complexity index is 1270. The van der Waals surface area contributed by atoms with Crippen molar-refractivity contribution in [3.8, 4) is 0 Å². The fraction of sp³-hybridized carbons (Fsp3) is 0.0952. The molecule has 0 spiro atoms. The molecule has 2 aromatic heterocycles. The van der Waals surface area contributed by atoms with Crippen LogP contribution in [-0.2, 0) is 11.5 Å². The minimum atomic E-state index is -0.726. The number of nitrogens with zero attached hydrogens (tertiary/aromatic N) is 4. The van der Waals surface area contributed by atoms with E-state index >= 15 is 0 Å². The Labute approximate surface area is 190 Å². The molecular formula is C21H16N6O3S2. The van der Waals surface area contributed by atoms with Crippen molar-refractivity contribution in [1.29, 1.82) is 0 Å². The lowest BCUT2D eigenvalue weighted by atomic mass is 10.2. The molecule has 0 fully saturated rings. The molecule has 0 bridgehead atoms. The van der Waals surface area contributed by atoms with Crippen molar-refractivity contribution < 1.29 is 13.6 Å². The number of benzene rings is 2. The number of para-hydroxylation sites is 4. The van der Waals surface area contributed by atoms with Crippen molar-refractivity contribution in [1.82, 2.24) is 9.97 Å². The lowest BCUT2D eigenvalue weighted by Crippen LogP contribution is -2.32. The van der Waals surface area contributed by atoms with Gasteiger partial charge < -0.3 is 20.3 Å². The number of hydrogen-bond acceptors (Lipinski definition) is 9. The first-order valence-corrected chi connectivity index (χ1v) is 11.5. The Balaban J connectivity index is 1.42. The first-order valence-electron chi connectivity index (χ1n) is 9.48. The van der Waals surface area contributed by atoms with Gasteiger partial charge in [0, 0.05) is 0 Å². The largest absolute Gasteiger partial charge is 0.440 e. The molecule has 2 aromatic carbocycles. The topological polar surface area (TPSA) is 146 Å². The van der Waals surface area contributed by atoms with Crippen molar-refractivity contribution in [3.05, 3.63) is 70.1 Å². The fourth-order valence-corrected chi connectivity index (χ4v) is 5.24. The zero-order valence-electron chi connectivity index (χ0n) is 16.5. The molecule has 11 heteroatoms. The number of carbonyl (C=O) groups is 1. The van der Waals surface area contributed by atoms with E-state index in [0.29, 0.717) is 44.3 Å². The molecule has 9 nitrogen and oxygen atoms in total. The van der Waals surface area contributed by atoms with Crippen molar-refractivity contribution in [2.75, 3.05) is 0 Å². The molecule has 1 aliphatic rings. The highest BCUT2D eigenvalue weighted by atomic mass is 32.2. The van der Waals surface area contributed by atoms with Crippen LogP contribution in [0, 0.1) is 0 Å². The van der Waals surface area contributed by atoms with Crippen LogP contribution in [0.25, 0.3) is 22.2 Å². The average molecular weight is 465 g/mol. The van der Waals surface area contributed by atoms with E-state index in [1.165, 1.54) is 23.5 Å². The molecule has 0 radical (unpaired) electrons. The highest BCUT2D eigenvalue weighted by Gasteiger charge is 2.23. The lowest BCUT2D eigenvalue weighted by molar-refractivity contribution is 0.257. The molecule has 32 heavy (non-hydrogen) atoms. The number of urea groups is 1. The SMILES string of the molecule is NC1=NC(=O)N=C(N)C1=C(SCc1nc2ccccc2o1)SCc1nc2ccccc2o1. The van der Waals surface area contributed by atoms with Gasteiger partial charge in [-0.3, -0.25) is 0 Å². The Morgan fingerprint density at radius 3 is 1.72 bits per heavy atom. The standard InChI is InChI=1S/C21H16N6O3S2/c22-18-17(19(23)27-21(28)26-18)20(31-9-15-24-11-5-1-3-7-13(11)29-15)32-10-16-25-12-6-2-4-8-14(12)30-16/h1-8H,9-10H2,(H4,22,23,26,27,28). The molecule has 2 amide bonds. The van der Waals surface area contributed by atoms with Gasteiger partial charge in [0.1, 0.15) is 22.7 Å². The van der Waals surface area contributed by atoms with Crippen molar-refractivity contribution in [3.63, 3.8) is 0 Å². The van der Waals surface area contributed by atoms with Crippen LogP contribution in [0.4, 0.5) is 4.79 Å². The summed E-state index contributed by atoms with van der Waals surface area (Å²) in [4.78, 5) is 28.1. The number of hydrogen-bond donors (Lipinski definition) is 2. The van der Waals surface area contributed by atoms with Gasteiger partial charge in [0.25, 0.3) is 0 Å². The summed E-state index contributed by atoms with van der Waals surface area (Å²) in [6.45, 7) is 0. The van der Waals surface area contributed by atoms with E-state index in [4.69, 9.17) is 20.3 Å². The molecule has 3 heterocycles.